The highest BCUT2D eigenvalue weighted by Gasteiger charge is 2.52. The molecule has 1 aliphatic carbocycles. The summed E-state index contributed by atoms with van der Waals surface area (Å²) < 4.78 is 30.4. The lowest BCUT2D eigenvalue weighted by molar-refractivity contribution is -0.144. The van der Waals surface area contributed by atoms with Crippen molar-refractivity contribution >= 4 is 16.1 Å². The minimum Gasteiger partial charge on any atom is -0.481 e. The van der Waals surface area contributed by atoms with Crippen LogP contribution in [0.25, 0.3) is 0 Å². The average molecular weight is 345 g/mol. The molecule has 6 nitrogen and oxygen atoms in total. The molecule has 0 bridgehead atoms. The van der Waals surface area contributed by atoms with E-state index in [0.29, 0.717) is 38.3 Å². The summed E-state index contributed by atoms with van der Waals surface area (Å²) in [6.45, 7) is 9.17. The lowest BCUT2D eigenvalue weighted by Gasteiger charge is -2.37. The highest BCUT2D eigenvalue weighted by molar-refractivity contribution is 7.85. The summed E-state index contributed by atoms with van der Waals surface area (Å²) >= 11 is 0. The van der Waals surface area contributed by atoms with E-state index in [2.05, 4.69) is 25.3 Å². The van der Waals surface area contributed by atoms with Gasteiger partial charge in [-0.15, -0.1) is 0 Å². The summed E-state index contributed by atoms with van der Waals surface area (Å²) in [5, 5.41) is 9.29. The van der Waals surface area contributed by atoms with Gasteiger partial charge in [0.1, 0.15) is 0 Å². The fourth-order valence-electron chi connectivity index (χ4n) is 4.18. The summed E-state index contributed by atoms with van der Waals surface area (Å²) in [4.78, 5) is 13.5. The largest absolute Gasteiger partial charge is 0.481 e. The normalized spacial score (nSPS) is 30.3. The molecule has 0 amide bonds. The van der Waals surface area contributed by atoms with Crippen LogP contribution in [0.4, 0.5) is 0 Å². The molecule has 2 aliphatic rings. The third-order valence-electron chi connectivity index (χ3n) is 5.63. The van der Waals surface area contributed by atoms with Crippen LogP contribution in [0.1, 0.15) is 46.0 Å². The Morgan fingerprint density at radius 3 is 2.57 bits per heavy atom. The van der Waals surface area contributed by atoms with Gasteiger partial charge in [-0.25, -0.2) is 0 Å². The van der Waals surface area contributed by atoms with Gasteiger partial charge in [0, 0.05) is 23.7 Å². The Hall–Kier alpha value is -1.08. The van der Waals surface area contributed by atoms with Gasteiger partial charge in [0.15, 0.2) is 0 Å². The maximum atomic E-state index is 11.3. The Morgan fingerprint density at radius 1 is 1.35 bits per heavy atom. The molecule has 2 fully saturated rings. The van der Waals surface area contributed by atoms with E-state index in [9.17, 15) is 18.3 Å². The monoisotopic (exact) mass is 345 g/mol. The number of nitrogens with zero attached hydrogens (tertiary/aromatic N) is 1. The highest BCUT2D eigenvalue weighted by atomic mass is 32.2. The number of likely N-dealkylation sites (tertiary alicyclic amines) is 1. The van der Waals surface area contributed by atoms with Crippen molar-refractivity contribution in [3.8, 4) is 0 Å². The molecule has 23 heavy (non-hydrogen) atoms. The maximum absolute atomic E-state index is 11.3. The molecule has 1 saturated carbocycles. The van der Waals surface area contributed by atoms with Crippen molar-refractivity contribution in [2.45, 2.75) is 52.0 Å². The number of fused-ring (bicyclic) bond motifs is 1. The number of carboxylic acids is 1. The summed E-state index contributed by atoms with van der Waals surface area (Å²) in [6, 6.07) is 0.291. The topological polar surface area (TPSA) is 94.9 Å². The standard InChI is InChI=1S/C16H27NO5S/c1-11-16(2,3)13-10-12(15(18)19)6-7-14(13)17(11)8-4-5-9-23(20,21)22/h12-14H,1,4-10H2,2-3H3,(H,18,19)(H,20,21,22). The first-order valence-electron chi connectivity index (χ1n) is 8.18. The van der Waals surface area contributed by atoms with Crippen LogP contribution >= 0.6 is 0 Å². The van der Waals surface area contributed by atoms with Gasteiger partial charge in [-0.3, -0.25) is 9.35 Å². The van der Waals surface area contributed by atoms with Crippen LogP contribution in [0.5, 0.6) is 0 Å². The van der Waals surface area contributed by atoms with Crippen LogP contribution in [-0.2, 0) is 14.9 Å². The van der Waals surface area contributed by atoms with Crippen molar-refractivity contribution in [3.63, 3.8) is 0 Å². The van der Waals surface area contributed by atoms with Crippen LogP contribution in [0.2, 0.25) is 0 Å². The lowest BCUT2D eigenvalue weighted by atomic mass is 9.68. The van der Waals surface area contributed by atoms with Crippen LogP contribution in [0.15, 0.2) is 12.3 Å². The highest BCUT2D eigenvalue weighted by Crippen LogP contribution is 2.53. The van der Waals surface area contributed by atoms with Gasteiger partial charge in [-0.1, -0.05) is 20.4 Å². The number of carbonyl (C=O) groups is 1. The summed E-state index contributed by atoms with van der Waals surface area (Å²) in [6.07, 6.45) is 3.27. The van der Waals surface area contributed by atoms with E-state index in [0.717, 1.165) is 12.1 Å². The first-order valence-corrected chi connectivity index (χ1v) is 9.79. The van der Waals surface area contributed by atoms with Crippen LogP contribution in [0, 0.1) is 17.3 Å². The maximum Gasteiger partial charge on any atom is 0.306 e. The molecule has 0 aromatic heterocycles. The van der Waals surface area contributed by atoms with Crippen molar-refractivity contribution in [2.24, 2.45) is 17.3 Å². The molecule has 0 radical (unpaired) electrons. The van der Waals surface area contributed by atoms with Crippen molar-refractivity contribution < 1.29 is 22.9 Å². The van der Waals surface area contributed by atoms with Gasteiger partial charge in [0.25, 0.3) is 10.1 Å². The van der Waals surface area contributed by atoms with E-state index >= 15 is 0 Å². The molecule has 3 unspecified atom stereocenters. The third-order valence-corrected chi connectivity index (χ3v) is 6.44. The predicted octanol–water partition coefficient (Wildman–Crippen LogP) is 2.38. The molecule has 1 aliphatic heterocycles. The molecule has 7 heteroatoms. The average Bonchev–Trinajstić information content (AvgIpc) is 2.62. The van der Waals surface area contributed by atoms with E-state index < -0.39 is 16.1 Å². The van der Waals surface area contributed by atoms with Gasteiger partial charge < -0.3 is 10.0 Å². The number of hydrogen-bond donors (Lipinski definition) is 2. The molecule has 1 saturated heterocycles. The molecular weight excluding hydrogens is 318 g/mol. The molecule has 0 aromatic rings. The molecule has 1 heterocycles. The minimum absolute atomic E-state index is 0.137. The number of hydrogen-bond acceptors (Lipinski definition) is 4. The number of rotatable bonds is 6. The zero-order valence-electron chi connectivity index (χ0n) is 13.9. The molecule has 3 atom stereocenters. The van der Waals surface area contributed by atoms with Crippen LogP contribution in [-0.4, -0.2) is 47.3 Å². The summed E-state index contributed by atoms with van der Waals surface area (Å²) in [5.41, 5.74) is 0.882. The van der Waals surface area contributed by atoms with E-state index in [1.54, 1.807) is 0 Å². The number of allylic oxidation sites excluding steroid dienone is 1. The van der Waals surface area contributed by atoms with E-state index in [4.69, 9.17) is 4.55 Å². The van der Waals surface area contributed by atoms with Gasteiger partial charge in [0.05, 0.1) is 11.7 Å². The van der Waals surface area contributed by atoms with Crippen molar-refractivity contribution in [1.82, 2.24) is 4.90 Å². The lowest BCUT2D eigenvalue weighted by Crippen LogP contribution is -2.39. The molecule has 0 aromatic carbocycles. The fourth-order valence-corrected chi connectivity index (χ4v) is 4.75. The summed E-state index contributed by atoms with van der Waals surface area (Å²) in [7, 11) is -3.90. The van der Waals surface area contributed by atoms with E-state index in [1.165, 1.54) is 0 Å². The second kappa shape index (κ2) is 6.43. The zero-order valence-corrected chi connectivity index (χ0v) is 14.7. The number of unbranched alkanes of at least 4 members (excludes halogenated alkanes) is 1. The van der Waals surface area contributed by atoms with Crippen molar-refractivity contribution in [2.75, 3.05) is 12.3 Å². The van der Waals surface area contributed by atoms with Crippen LogP contribution in [0.3, 0.4) is 0 Å². The van der Waals surface area contributed by atoms with Crippen molar-refractivity contribution in [3.05, 3.63) is 12.3 Å². The third kappa shape index (κ3) is 3.88. The zero-order chi connectivity index (χ0) is 17.4. The number of aliphatic carboxylic acids is 1. The smallest absolute Gasteiger partial charge is 0.306 e. The SMILES string of the molecule is C=C1N(CCCCS(=O)(=O)O)C2CCC(C(=O)O)CC2C1(C)C. The summed E-state index contributed by atoms with van der Waals surface area (Å²) in [5.74, 6) is -0.933. The molecule has 132 valence electrons. The van der Waals surface area contributed by atoms with Gasteiger partial charge >= 0.3 is 5.97 Å². The Kier molecular flexibility index (Phi) is 5.11. The second-order valence-corrected chi connectivity index (χ2v) is 8.95. The Morgan fingerprint density at radius 2 is 2.00 bits per heavy atom. The molecule has 2 rings (SSSR count). The first-order chi connectivity index (χ1) is 10.5. The van der Waals surface area contributed by atoms with E-state index in [-0.39, 0.29) is 23.0 Å². The van der Waals surface area contributed by atoms with Crippen molar-refractivity contribution in [1.29, 1.82) is 0 Å². The van der Waals surface area contributed by atoms with Gasteiger partial charge in [-0.05, 0) is 38.0 Å². The Labute approximate surface area is 138 Å². The van der Waals surface area contributed by atoms with Crippen LogP contribution < -0.4 is 0 Å². The fraction of sp³-hybridized carbons (Fsp3) is 0.812. The quantitative estimate of drug-likeness (QED) is 0.567. The molecular formula is C16H27NO5S. The Balaban J connectivity index is 2.02. The predicted molar refractivity (Wildman–Crippen MR) is 87.5 cm³/mol. The number of carboxylic acid groups (broad SMARTS) is 1. The second-order valence-electron chi connectivity index (χ2n) is 7.38. The van der Waals surface area contributed by atoms with E-state index in [1.807, 2.05) is 0 Å². The first kappa shape index (κ1) is 18.3. The molecule has 2 N–H and O–H groups in total. The van der Waals surface area contributed by atoms with Gasteiger partial charge in [0.2, 0.25) is 0 Å². The molecule has 0 spiro atoms. The van der Waals surface area contributed by atoms with Gasteiger partial charge in [-0.2, -0.15) is 8.42 Å². The Bertz CT molecular complexity index is 583. The minimum atomic E-state index is -3.90.